The van der Waals surface area contributed by atoms with Crippen molar-refractivity contribution in [2.24, 2.45) is 0 Å². The van der Waals surface area contributed by atoms with Gasteiger partial charge in [0, 0.05) is 49.7 Å². The van der Waals surface area contributed by atoms with Crippen LogP contribution in [-0.4, -0.2) is 69.8 Å². The third-order valence-electron chi connectivity index (χ3n) is 7.10. The van der Waals surface area contributed by atoms with Crippen LogP contribution in [0, 0.1) is 0 Å². The molecular weight excluding hydrogens is 532 g/mol. The number of aliphatic hydroxyl groups excluding tert-OH is 1. The number of carbonyl (C=O) groups is 2. The number of benzene rings is 1. The van der Waals surface area contributed by atoms with Crippen LogP contribution in [0.1, 0.15) is 72.7 Å². The van der Waals surface area contributed by atoms with Gasteiger partial charge >= 0.3 is 0 Å². The maximum Gasteiger partial charge on any atom is 0.227 e. The molecule has 0 spiro atoms. The van der Waals surface area contributed by atoms with E-state index in [0.717, 1.165) is 11.1 Å². The number of hydrogen-bond donors (Lipinski definition) is 3. The van der Waals surface area contributed by atoms with E-state index in [1.54, 1.807) is 11.0 Å². The van der Waals surface area contributed by atoms with Gasteiger partial charge in [-0.05, 0) is 45.8 Å². The van der Waals surface area contributed by atoms with E-state index in [1.807, 2.05) is 78.0 Å². The van der Waals surface area contributed by atoms with Crippen molar-refractivity contribution in [2.45, 2.75) is 78.7 Å². The van der Waals surface area contributed by atoms with Gasteiger partial charge in [0.15, 0.2) is 6.23 Å². The van der Waals surface area contributed by atoms with E-state index in [2.05, 4.69) is 27.5 Å². The van der Waals surface area contributed by atoms with Gasteiger partial charge in [0.25, 0.3) is 0 Å². The molecule has 228 valence electrons. The summed E-state index contributed by atoms with van der Waals surface area (Å²) in [5, 5.41) is 26.1. The predicted molar refractivity (Wildman–Crippen MR) is 167 cm³/mol. The van der Waals surface area contributed by atoms with Crippen LogP contribution in [0.15, 0.2) is 54.6 Å². The molecule has 1 atom stereocenters. The second-order valence-corrected chi connectivity index (χ2v) is 11.2. The van der Waals surface area contributed by atoms with Crippen molar-refractivity contribution in [1.29, 1.82) is 0 Å². The van der Waals surface area contributed by atoms with Gasteiger partial charge < -0.3 is 25.4 Å². The third kappa shape index (κ3) is 8.24. The number of aromatic nitrogens is 3. The first-order valence-corrected chi connectivity index (χ1v) is 14.7. The molecule has 0 saturated heterocycles. The maximum absolute atomic E-state index is 13.7. The van der Waals surface area contributed by atoms with Crippen molar-refractivity contribution in [3.8, 4) is 11.3 Å². The zero-order valence-corrected chi connectivity index (χ0v) is 25.8. The summed E-state index contributed by atoms with van der Waals surface area (Å²) in [6.07, 6.45) is 5.36. The van der Waals surface area contributed by atoms with Crippen molar-refractivity contribution in [2.75, 3.05) is 31.1 Å². The molecule has 0 saturated carbocycles. The molecule has 1 aliphatic rings. The van der Waals surface area contributed by atoms with E-state index in [0.29, 0.717) is 42.2 Å². The fourth-order valence-electron chi connectivity index (χ4n) is 4.92. The summed E-state index contributed by atoms with van der Waals surface area (Å²) in [4.78, 5) is 28.0. The van der Waals surface area contributed by atoms with Crippen LogP contribution in [0.3, 0.4) is 0 Å². The zero-order chi connectivity index (χ0) is 30.9. The van der Waals surface area contributed by atoms with Crippen LogP contribution >= 0.6 is 0 Å². The summed E-state index contributed by atoms with van der Waals surface area (Å²) in [6.45, 7) is 17.5. The number of carbonyl (C=O) groups excluding carboxylic acids is 2. The van der Waals surface area contributed by atoms with Crippen LogP contribution in [0.4, 0.5) is 5.69 Å². The highest BCUT2D eigenvalue weighted by molar-refractivity contribution is 6.02. The first kappa shape index (κ1) is 32.9. The molecule has 10 heteroatoms. The van der Waals surface area contributed by atoms with Crippen LogP contribution < -0.4 is 15.5 Å². The second-order valence-electron chi connectivity index (χ2n) is 11.2. The van der Waals surface area contributed by atoms with Crippen LogP contribution in [0.2, 0.25) is 0 Å². The molecule has 0 fully saturated rings. The fourth-order valence-corrected chi connectivity index (χ4v) is 4.92. The minimum atomic E-state index is -0.961. The first-order valence-electron chi connectivity index (χ1n) is 14.7. The molecule has 10 nitrogen and oxygen atoms in total. The second kappa shape index (κ2) is 15.0. The number of amides is 2. The molecule has 1 unspecified atom stereocenters. The SMILES string of the molecule is C=C/C1=C(\C=C/C)c2c(nnn2C(O)CNC(C)C)-c2ccccc2N(C(=O)CCC(=O)NCCC(C)(C)OCC)C1. The van der Waals surface area contributed by atoms with Crippen molar-refractivity contribution < 1.29 is 19.4 Å². The number of hydrogen-bond acceptors (Lipinski definition) is 7. The smallest absolute Gasteiger partial charge is 0.227 e. The van der Waals surface area contributed by atoms with Crippen molar-refractivity contribution >= 4 is 23.1 Å². The molecule has 3 N–H and O–H groups in total. The largest absolute Gasteiger partial charge is 0.376 e. The molecule has 3 rings (SSSR count). The Balaban J connectivity index is 1.93. The number of rotatable bonds is 14. The summed E-state index contributed by atoms with van der Waals surface area (Å²) < 4.78 is 7.22. The number of allylic oxidation sites excluding steroid dienone is 3. The molecule has 0 aliphatic carbocycles. The Bertz CT molecular complexity index is 1310. The monoisotopic (exact) mass is 578 g/mol. The number of nitrogens with zero attached hydrogens (tertiary/aromatic N) is 4. The van der Waals surface area contributed by atoms with E-state index < -0.39 is 6.23 Å². The molecule has 0 bridgehead atoms. The first-order chi connectivity index (χ1) is 20.0. The third-order valence-corrected chi connectivity index (χ3v) is 7.10. The Morgan fingerprint density at radius 3 is 2.64 bits per heavy atom. The molecule has 0 radical (unpaired) electrons. The number of anilines is 1. The summed E-state index contributed by atoms with van der Waals surface area (Å²) in [6, 6.07) is 7.69. The van der Waals surface area contributed by atoms with Crippen LogP contribution in [-0.2, 0) is 14.3 Å². The highest BCUT2D eigenvalue weighted by Gasteiger charge is 2.30. The molecule has 2 heterocycles. The molecular formula is C32H46N6O4. The van der Waals surface area contributed by atoms with Crippen LogP contribution in [0.5, 0.6) is 0 Å². The average Bonchev–Trinajstić information content (AvgIpc) is 3.38. The van der Waals surface area contributed by atoms with Crippen molar-refractivity contribution in [3.05, 3.63) is 60.3 Å². The van der Waals surface area contributed by atoms with E-state index in [-0.39, 0.29) is 49.4 Å². The van der Waals surface area contributed by atoms with Gasteiger partial charge in [-0.25, -0.2) is 4.68 Å². The lowest BCUT2D eigenvalue weighted by Crippen LogP contribution is -2.36. The normalized spacial score (nSPS) is 16.1. The molecule has 2 amide bonds. The van der Waals surface area contributed by atoms with E-state index in [9.17, 15) is 14.7 Å². The lowest BCUT2D eigenvalue weighted by Gasteiger charge is -2.29. The molecule has 1 aromatic heterocycles. The Labute approximate surface area is 249 Å². The minimum Gasteiger partial charge on any atom is -0.376 e. The maximum atomic E-state index is 13.7. The van der Waals surface area contributed by atoms with E-state index in [4.69, 9.17) is 4.74 Å². The van der Waals surface area contributed by atoms with Gasteiger partial charge in [-0.3, -0.25) is 9.59 Å². The minimum absolute atomic E-state index is 0.0392. The number of aliphatic hydroxyl groups is 1. The highest BCUT2D eigenvalue weighted by Crippen LogP contribution is 2.40. The predicted octanol–water partition coefficient (Wildman–Crippen LogP) is 4.40. The van der Waals surface area contributed by atoms with Crippen molar-refractivity contribution in [1.82, 2.24) is 25.6 Å². The summed E-state index contributed by atoms with van der Waals surface area (Å²) >= 11 is 0. The van der Waals surface area contributed by atoms with Gasteiger partial charge in [-0.15, -0.1) is 5.10 Å². The molecule has 1 aromatic carbocycles. The Kier molecular flexibility index (Phi) is 11.8. The number of fused-ring (bicyclic) bond motifs is 3. The summed E-state index contributed by atoms with van der Waals surface area (Å²) in [5.74, 6) is -0.372. The Morgan fingerprint density at radius 1 is 1.24 bits per heavy atom. The zero-order valence-electron chi connectivity index (χ0n) is 25.8. The van der Waals surface area contributed by atoms with Gasteiger partial charge in [-0.2, -0.15) is 0 Å². The molecule has 1 aliphatic heterocycles. The standard InChI is InChI=1S/C32H46N6O4/c1-8-13-24-23(9-2)21-37(28(40)17-16-27(39)33-19-18-32(6,7)42-10-3)26-15-12-11-14-25(26)30-31(24)38(36-35-30)29(41)20-34-22(4)5/h8-9,11-15,22,29,34,41H,2,10,16-21H2,1,3-7H3,(H,33,39)/b13-8-,24-23-. The average molecular weight is 579 g/mol. The number of nitrogens with one attached hydrogen (secondary N) is 2. The highest BCUT2D eigenvalue weighted by atomic mass is 16.5. The fraction of sp³-hybridized carbons (Fsp3) is 0.500. The summed E-state index contributed by atoms with van der Waals surface area (Å²) in [7, 11) is 0. The molecule has 42 heavy (non-hydrogen) atoms. The van der Waals surface area contributed by atoms with E-state index >= 15 is 0 Å². The molecule has 2 aromatic rings. The van der Waals surface area contributed by atoms with Crippen LogP contribution in [0.25, 0.3) is 16.8 Å². The number of para-hydroxylation sites is 1. The lowest BCUT2D eigenvalue weighted by atomic mass is 9.94. The topological polar surface area (TPSA) is 122 Å². The van der Waals surface area contributed by atoms with E-state index in [1.165, 1.54) is 4.68 Å². The van der Waals surface area contributed by atoms with Gasteiger partial charge in [0.2, 0.25) is 11.8 Å². The lowest BCUT2D eigenvalue weighted by molar-refractivity contribution is -0.125. The number of ether oxygens (including phenoxy) is 1. The van der Waals surface area contributed by atoms with Gasteiger partial charge in [-0.1, -0.05) is 62.1 Å². The van der Waals surface area contributed by atoms with Crippen molar-refractivity contribution in [3.63, 3.8) is 0 Å². The summed E-state index contributed by atoms with van der Waals surface area (Å²) in [5.41, 5.74) is 3.77. The Hall–Kier alpha value is -3.60. The quantitative estimate of drug-likeness (QED) is 0.304. The van der Waals surface area contributed by atoms with Gasteiger partial charge in [0.1, 0.15) is 11.4 Å². The Morgan fingerprint density at radius 2 is 1.98 bits per heavy atom. The van der Waals surface area contributed by atoms with Gasteiger partial charge in [0.05, 0.1) is 17.8 Å².